The number of nitrogens with one attached hydrogen (secondary N) is 2. The van der Waals surface area contributed by atoms with Crippen molar-refractivity contribution in [2.75, 3.05) is 26.1 Å². The second-order valence-corrected chi connectivity index (χ2v) is 7.37. The Balaban J connectivity index is 1.53. The molecule has 27 heavy (non-hydrogen) atoms. The zero-order valence-electron chi connectivity index (χ0n) is 15.6. The lowest BCUT2D eigenvalue weighted by Gasteiger charge is -2.08. The van der Waals surface area contributed by atoms with Crippen LogP contribution in [0.4, 0.5) is 5.13 Å². The van der Waals surface area contributed by atoms with Crippen molar-refractivity contribution in [3.63, 3.8) is 0 Å². The number of anilines is 1. The molecule has 1 aliphatic carbocycles. The van der Waals surface area contributed by atoms with Crippen molar-refractivity contribution in [1.29, 1.82) is 0 Å². The summed E-state index contributed by atoms with van der Waals surface area (Å²) in [5.74, 6) is 1.72. The lowest BCUT2D eigenvalue weighted by atomic mass is 10.1. The molecule has 0 spiro atoms. The second-order valence-electron chi connectivity index (χ2n) is 6.52. The van der Waals surface area contributed by atoms with Gasteiger partial charge in [0, 0.05) is 29.8 Å². The van der Waals surface area contributed by atoms with Crippen LogP contribution in [0.1, 0.15) is 19.8 Å². The zero-order valence-corrected chi connectivity index (χ0v) is 16.4. The third-order valence-corrected chi connectivity index (χ3v) is 5.29. The first-order valence-corrected chi connectivity index (χ1v) is 9.65. The average molecular weight is 389 g/mol. The maximum Gasteiger partial charge on any atom is 0.227 e. The molecule has 2 N–H and O–H groups in total. The molecule has 8 heteroatoms. The van der Waals surface area contributed by atoms with Gasteiger partial charge < -0.3 is 20.1 Å². The highest BCUT2D eigenvalue weighted by Gasteiger charge is 2.38. The van der Waals surface area contributed by atoms with E-state index in [9.17, 15) is 9.59 Å². The highest BCUT2D eigenvalue weighted by molar-refractivity contribution is 7.14. The van der Waals surface area contributed by atoms with Crippen LogP contribution in [0.15, 0.2) is 23.6 Å². The van der Waals surface area contributed by atoms with Crippen molar-refractivity contribution >= 4 is 28.3 Å². The van der Waals surface area contributed by atoms with Crippen LogP contribution in [0.3, 0.4) is 0 Å². The summed E-state index contributed by atoms with van der Waals surface area (Å²) in [6.07, 6.45) is 1.16. The van der Waals surface area contributed by atoms with Gasteiger partial charge in [-0.2, -0.15) is 0 Å². The van der Waals surface area contributed by atoms with E-state index < -0.39 is 0 Å². The minimum absolute atomic E-state index is 0.0419. The number of benzene rings is 1. The fourth-order valence-corrected chi connectivity index (χ4v) is 3.49. The molecule has 2 unspecified atom stereocenters. The molecule has 0 bridgehead atoms. The SMILES string of the molecule is COc1ccc(-c2csc(NC(=O)CCNC(=O)C3CC3C)n2)cc1OC. The van der Waals surface area contributed by atoms with Gasteiger partial charge in [0.05, 0.1) is 19.9 Å². The van der Waals surface area contributed by atoms with Crippen LogP contribution in [0.25, 0.3) is 11.3 Å². The van der Waals surface area contributed by atoms with Crippen molar-refractivity contribution in [2.45, 2.75) is 19.8 Å². The Morgan fingerprint density at radius 1 is 1.26 bits per heavy atom. The van der Waals surface area contributed by atoms with E-state index in [0.29, 0.717) is 29.1 Å². The molecule has 144 valence electrons. The number of hydrogen-bond acceptors (Lipinski definition) is 6. The Kier molecular flexibility index (Phi) is 5.95. The number of hydrogen-bond donors (Lipinski definition) is 2. The lowest BCUT2D eigenvalue weighted by Crippen LogP contribution is -2.29. The van der Waals surface area contributed by atoms with Gasteiger partial charge >= 0.3 is 0 Å². The predicted molar refractivity (Wildman–Crippen MR) is 104 cm³/mol. The first kappa shape index (κ1) is 19.2. The van der Waals surface area contributed by atoms with Gasteiger partial charge in [-0.1, -0.05) is 6.92 Å². The number of carbonyl (C=O) groups is 2. The van der Waals surface area contributed by atoms with Crippen molar-refractivity contribution in [3.05, 3.63) is 23.6 Å². The summed E-state index contributed by atoms with van der Waals surface area (Å²) in [5, 5.41) is 7.96. The van der Waals surface area contributed by atoms with Gasteiger partial charge in [-0.05, 0) is 30.5 Å². The van der Waals surface area contributed by atoms with E-state index in [1.807, 2.05) is 23.6 Å². The molecule has 7 nitrogen and oxygen atoms in total. The van der Waals surface area contributed by atoms with Gasteiger partial charge in [0.2, 0.25) is 11.8 Å². The first-order valence-electron chi connectivity index (χ1n) is 8.77. The average Bonchev–Trinajstić information content (AvgIpc) is 3.22. The minimum Gasteiger partial charge on any atom is -0.493 e. The summed E-state index contributed by atoms with van der Waals surface area (Å²) < 4.78 is 10.5. The molecule has 0 saturated heterocycles. The summed E-state index contributed by atoms with van der Waals surface area (Å²) in [5.41, 5.74) is 1.61. The van der Waals surface area contributed by atoms with Gasteiger partial charge in [-0.15, -0.1) is 11.3 Å². The smallest absolute Gasteiger partial charge is 0.227 e. The molecule has 2 atom stereocenters. The third kappa shape index (κ3) is 4.77. The fraction of sp³-hybridized carbons (Fsp3) is 0.421. The zero-order chi connectivity index (χ0) is 19.4. The molecule has 3 rings (SSSR count). The Morgan fingerprint density at radius 2 is 2.00 bits per heavy atom. The maximum atomic E-state index is 12.0. The molecule has 1 saturated carbocycles. The number of methoxy groups -OCH3 is 2. The molecule has 2 amide bonds. The van der Waals surface area contributed by atoms with Crippen LogP contribution in [0.2, 0.25) is 0 Å². The van der Waals surface area contributed by atoms with Crippen LogP contribution in [-0.4, -0.2) is 37.6 Å². The quantitative estimate of drug-likeness (QED) is 0.725. The Labute approximate surface area is 162 Å². The number of rotatable bonds is 8. The van der Waals surface area contributed by atoms with E-state index in [2.05, 4.69) is 22.5 Å². The number of amides is 2. The van der Waals surface area contributed by atoms with Crippen LogP contribution in [-0.2, 0) is 9.59 Å². The predicted octanol–water partition coefficient (Wildman–Crippen LogP) is 2.93. The first-order chi connectivity index (χ1) is 13.0. The fourth-order valence-electron chi connectivity index (χ4n) is 2.76. The summed E-state index contributed by atoms with van der Waals surface area (Å²) in [4.78, 5) is 28.2. The molecule has 2 aromatic rings. The number of aromatic nitrogens is 1. The second kappa shape index (κ2) is 8.39. The minimum atomic E-state index is -0.174. The van der Waals surface area contributed by atoms with Crippen LogP contribution >= 0.6 is 11.3 Å². The van der Waals surface area contributed by atoms with Gasteiger partial charge in [0.15, 0.2) is 16.6 Å². The molecule has 1 fully saturated rings. The maximum absolute atomic E-state index is 12.0. The van der Waals surface area contributed by atoms with E-state index in [-0.39, 0.29) is 24.2 Å². The molecular weight excluding hydrogens is 366 g/mol. The van der Waals surface area contributed by atoms with E-state index in [1.165, 1.54) is 11.3 Å². The number of carbonyl (C=O) groups excluding carboxylic acids is 2. The van der Waals surface area contributed by atoms with Gasteiger partial charge in [0.1, 0.15) is 0 Å². The number of thiazole rings is 1. The number of ether oxygens (including phenoxy) is 2. The highest BCUT2D eigenvalue weighted by Crippen LogP contribution is 2.37. The topological polar surface area (TPSA) is 89.6 Å². The highest BCUT2D eigenvalue weighted by atomic mass is 32.1. The van der Waals surface area contributed by atoms with Crippen LogP contribution < -0.4 is 20.1 Å². The molecule has 1 aliphatic rings. The van der Waals surface area contributed by atoms with Crippen LogP contribution in [0, 0.1) is 11.8 Å². The summed E-state index contributed by atoms with van der Waals surface area (Å²) >= 11 is 1.35. The summed E-state index contributed by atoms with van der Waals surface area (Å²) in [6, 6.07) is 5.54. The molecule has 1 heterocycles. The van der Waals surface area contributed by atoms with Crippen molar-refractivity contribution in [2.24, 2.45) is 11.8 Å². The summed E-state index contributed by atoms with van der Waals surface area (Å²) in [6.45, 7) is 2.39. The molecule has 0 aliphatic heterocycles. The van der Waals surface area contributed by atoms with Crippen molar-refractivity contribution in [1.82, 2.24) is 10.3 Å². The van der Waals surface area contributed by atoms with E-state index >= 15 is 0 Å². The monoisotopic (exact) mass is 389 g/mol. The van der Waals surface area contributed by atoms with Gasteiger partial charge in [0.25, 0.3) is 0 Å². The number of nitrogens with zero attached hydrogens (tertiary/aromatic N) is 1. The van der Waals surface area contributed by atoms with E-state index in [1.54, 1.807) is 14.2 Å². The molecular formula is C19H23N3O4S. The van der Waals surface area contributed by atoms with E-state index in [0.717, 1.165) is 17.7 Å². The summed E-state index contributed by atoms with van der Waals surface area (Å²) in [7, 11) is 3.17. The molecule has 1 aromatic carbocycles. The lowest BCUT2D eigenvalue weighted by molar-refractivity contribution is -0.122. The Bertz CT molecular complexity index is 836. The van der Waals surface area contributed by atoms with Gasteiger partial charge in [-0.3, -0.25) is 9.59 Å². The Hall–Kier alpha value is -2.61. The third-order valence-electron chi connectivity index (χ3n) is 4.53. The van der Waals surface area contributed by atoms with Gasteiger partial charge in [-0.25, -0.2) is 4.98 Å². The molecule has 0 radical (unpaired) electrons. The van der Waals surface area contributed by atoms with Crippen molar-refractivity contribution in [3.8, 4) is 22.8 Å². The normalized spacial score (nSPS) is 17.9. The largest absolute Gasteiger partial charge is 0.493 e. The Morgan fingerprint density at radius 3 is 2.67 bits per heavy atom. The van der Waals surface area contributed by atoms with Crippen molar-refractivity contribution < 1.29 is 19.1 Å². The standard InChI is InChI=1S/C19H23N3O4S/c1-11-8-13(11)18(24)20-7-6-17(23)22-19-21-14(10-27-19)12-4-5-15(25-2)16(9-12)26-3/h4-5,9-11,13H,6-8H2,1-3H3,(H,20,24)(H,21,22,23). The molecule has 1 aromatic heterocycles. The van der Waals surface area contributed by atoms with Crippen LogP contribution in [0.5, 0.6) is 11.5 Å². The van der Waals surface area contributed by atoms with E-state index in [4.69, 9.17) is 9.47 Å².